The van der Waals surface area contributed by atoms with Gasteiger partial charge in [0.1, 0.15) is 23.2 Å². The first-order valence-electron chi connectivity index (χ1n) is 7.56. The molecule has 0 aromatic heterocycles. The fraction of sp³-hybridized carbons (Fsp3) is 0.588. The van der Waals surface area contributed by atoms with Gasteiger partial charge in [0.25, 0.3) is 0 Å². The minimum absolute atomic E-state index is 0.00573. The molecule has 4 heteroatoms. The van der Waals surface area contributed by atoms with Gasteiger partial charge in [0.2, 0.25) is 0 Å². The van der Waals surface area contributed by atoms with Gasteiger partial charge in [-0.05, 0) is 63.8 Å². The van der Waals surface area contributed by atoms with Gasteiger partial charge >= 0.3 is 0 Å². The molecule has 1 saturated carbocycles. The Balaban J connectivity index is 2.09. The Morgan fingerprint density at radius 1 is 1.48 bits per heavy atom. The van der Waals surface area contributed by atoms with E-state index in [0.717, 1.165) is 24.8 Å². The summed E-state index contributed by atoms with van der Waals surface area (Å²) in [5.41, 5.74) is 0.283. The first kappa shape index (κ1) is 15.8. The summed E-state index contributed by atoms with van der Waals surface area (Å²) in [7, 11) is 0. The molecule has 0 aliphatic heterocycles. The highest BCUT2D eigenvalue weighted by Crippen LogP contribution is 2.32. The summed E-state index contributed by atoms with van der Waals surface area (Å²) >= 11 is 0. The van der Waals surface area contributed by atoms with E-state index in [4.69, 9.17) is 4.74 Å². The molecule has 2 rings (SSSR count). The van der Waals surface area contributed by atoms with E-state index in [0.29, 0.717) is 12.2 Å². The van der Waals surface area contributed by atoms with Crippen LogP contribution in [0, 0.1) is 24.1 Å². The van der Waals surface area contributed by atoms with E-state index < -0.39 is 5.54 Å². The highest BCUT2D eigenvalue weighted by Gasteiger charge is 2.38. The summed E-state index contributed by atoms with van der Waals surface area (Å²) in [6.45, 7) is 5.94. The number of nitrogens with zero attached hydrogens (tertiary/aromatic N) is 1. The minimum Gasteiger partial charge on any atom is -0.490 e. The molecule has 1 fully saturated rings. The molecule has 1 aromatic rings. The van der Waals surface area contributed by atoms with Gasteiger partial charge in [0.15, 0.2) is 0 Å². The maximum atomic E-state index is 13.1. The zero-order valence-electron chi connectivity index (χ0n) is 12.9. The molecule has 1 aliphatic carbocycles. The van der Waals surface area contributed by atoms with Gasteiger partial charge in [-0.3, -0.25) is 5.32 Å². The zero-order chi connectivity index (χ0) is 15.5. The van der Waals surface area contributed by atoms with Gasteiger partial charge in [0, 0.05) is 12.5 Å². The smallest absolute Gasteiger partial charge is 0.123 e. The van der Waals surface area contributed by atoms with E-state index in [1.807, 2.05) is 20.8 Å². The van der Waals surface area contributed by atoms with E-state index in [9.17, 15) is 9.65 Å². The Hall–Kier alpha value is -1.60. The Kier molecular flexibility index (Phi) is 4.84. The number of ether oxygens (including phenoxy) is 1. The number of aryl methyl sites for hydroxylation is 1. The number of halogens is 1. The number of hydrogen-bond donors (Lipinski definition) is 1. The number of nitrogens with one attached hydrogen (secondary N) is 1. The monoisotopic (exact) mass is 290 g/mol. The molecule has 0 spiro atoms. The topological polar surface area (TPSA) is 45.0 Å². The van der Waals surface area contributed by atoms with Crippen LogP contribution in [0.4, 0.5) is 4.39 Å². The number of nitriles is 1. The first-order chi connectivity index (χ1) is 9.94. The van der Waals surface area contributed by atoms with Crippen molar-refractivity contribution >= 4 is 0 Å². The fourth-order valence-corrected chi connectivity index (χ4v) is 3.07. The second-order valence-electron chi connectivity index (χ2n) is 6.24. The molecule has 0 bridgehead atoms. The molecule has 1 aromatic carbocycles. The third kappa shape index (κ3) is 3.95. The summed E-state index contributed by atoms with van der Waals surface area (Å²) in [6, 6.07) is 7.25. The van der Waals surface area contributed by atoms with E-state index in [2.05, 4.69) is 11.4 Å². The molecule has 2 atom stereocenters. The van der Waals surface area contributed by atoms with Gasteiger partial charge in [-0.2, -0.15) is 5.26 Å². The molecule has 2 unspecified atom stereocenters. The highest BCUT2D eigenvalue weighted by atomic mass is 19.1. The maximum Gasteiger partial charge on any atom is 0.123 e. The molecule has 1 N–H and O–H groups in total. The normalized spacial score (nSPS) is 25.6. The average Bonchev–Trinajstić information content (AvgIpc) is 2.41. The van der Waals surface area contributed by atoms with Gasteiger partial charge in [0.05, 0.1) is 6.07 Å². The van der Waals surface area contributed by atoms with Crippen LogP contribution in [-0.4, -0.2) is 17.7 Å². The summed E-state index contributed by atoms with van der Waals surface area (Å²) in [5.74, 6) is 0.455. The van der Waals surface area contributed by atoms with Crippen molar-refractivity contribution in [3.63, 3.8) is 0 Å². The van der Waals surface area contributed by atoms with Crippen molar-refractivity contribution in [2.75, 3.05) is 0 Å². The second-order valence-corrected chi connectivity index (χ2v) is 6.24. The zero-order valence-corrected chi connectivity index (χ0v) is 12.9. The van der Waals surface area contributed by atoms with Crippen LogP contribution < -0.4 is 10.1 Å². The van der Waals surface area contributed by atoms with Crippen molar-refractivity contribution in [3.05, 3.63) is 29.6 Å². The van der Waals surface area contributed by atoms with Crippen LogP contribution in [0.1, 0.15) is 45.1 Å². The first-order valence-corrected chi connectivity index (χ1v) is 7.56. The molecule has 0 amide bonds. The predicted molar refractivity (Wildman–Crippen MR) is 80.6 cm³/mol. The van der Waals surface area contributed by atoms with Crippen LogP contribution in [-0.2, 0) is 0 Å². The van der Waals surface area contributed by atoms with Crippen molar-refractivity contribution in [2.24, 2.45) is 0 Å². The van der Waals surface area contributed by atoms with Crippen LogP contribution in [0.5, 0.6) is 5.75 Å². The Bertz CT molecular complexity index is 538. The Labute approximate surface area is 126 Å². The highest BCUT2D eigenvalue weighted by molar-refractivity contribution is 5.33. The van der Waals surface area contributed by atoms with Crippen LogP contribution in [0.2, 0.25) is 0 Å². The SMILES string of the molecule is Cc1cc(F)ccc1OC1CCCC(C#N)(NC(C)C)C1. The van der Waals surface area contributed by atoms with Crippen molar-refractivity contribution in [3.8, 4) is 11.8 Å². The molecule has 0 heterocycles. The molecular formula is C17H23FN2O. The average molecular weight is 290 g/mol. The lowest BCUT2D eigenvalue weighted by Crippen LogP contribution is -2.52. The number of hydrogen-bond acceptors (Lipinski definition) is 3. The third-order valence-corrected chi connectivity index (χ3v) is 3.92. The predicted octanol–water partition coefficient (Wildman–Crippen LogP) is 3.72. The lowest BCUT2D eigenvalue weighted by atomic mass is 9.80. The molecular weight excluding hydrogens is 267 g/mol. The van der Waals surface area contributed by atoms with Gasteiger partial charge in [-0.1, -0.05) is 0 Å². The third-order valence-electron chi connectivity index (χ3n) is 3.92. The van der Waals surface area contributed by atoms with E-state index in [1.165, 1.54) is 12.1 Å². The van der Waals surface area contributed by atoms with Crippen LogP contribution in [0.15, 0.2) is 18.2 Å². The van der Waals surface area contributed by atoms with Crippen molar-refractivity contribution in [1.82, 2.24) is 5.32 Å². The summed E-state index contributed by atoms with van der Waals surface area (Å²) in [6.07, 6.45) is 3.40. The minimum atomic E-state index is -0.509. The largest absolute Gasteiger partial charge is 0.490 e. The molecule has 0 saturated heterocycles. The van der Waals surface area contributed by atoms with E-state index >= 15 is 0 Å². The van der Waals surface area contributed by atoms with Crippen LogP contribution in [0.25, 0.3) is 0 Å². The quantitative estimate of drug-likeness (QED) is 0.919. The van der Waals surface area contributed by atoms with E-state index in [-0.39, 0.29) is 18.0 Å². The summed E-state index contributed by atoms with van der Waals surface area (Å²) < 4.78 is 19.2. The van der Waals surface area contributed by atoms with Crippen molar-refractivity contribution in [1.29, 1.82) is 5.26 Å². The lowest BCUT2D eigenvalue weighted by molar-refractivity contribution is 0.108. The van der Waals surface area contributed by atoms with Crippen molar-refractivity contribution in [2.45, 2.75) is 64.1 Å². The lowest BCUT2D eigenvalue weighted by Gasteiger charge is -2.38. The molecule has 0 radical (unpaired) electrons. The summed E-state index contributed by atoms with van der Waals surface area (Å²) in [4.78, 5) is 0. The van der Waals surface area contributed by atoms with Crippen LogP contribution in [0.3, 0.4) is 0 Å². The Morgan fingerprint density at radius 3 is 2.86 bits per heavy atom. The molecule has 21 heavy (non-hydrogen) atoms. The molecule has 3 nitrogen and oxygen atoms in total. The molecule has 114 valence electrons. The summed E-state index contributed by atoms with van der Waals surface area (Å²) in [5, 5.41) is 12.9. The second kappa shape index (κ2) is 6.44. The number of benzene rings is 1. The fourth-order valence-electron chi connectivity index (χ4n) is 3.07. The molecule has 1 aliphatic rings. The van der Waals surface area contributed by atoms with Gasteiger partial charge in [-0.15, -0.1) is 0 Å². The van der Waals surface area contributed by atoms with Crippen molar-refractivity contribution < 1.29 is 9.13 Å². The maximum absolute atomic E-state index is 13.1. The Morgan fingerprint density at radius 2 is 2.24 bits per heavy atom. The van der Waals surface area contributed by atoms with Crippen LogP contribution >= 0.6 is 0 Å². The standard InChI is InChI=1S/C17H23FN2O/c1-12(2)20-17(11-19)8-4-5-15(10-17)21-16-7-6-14(18)9-13(16)3/h6-7,9,12,15,20H,4-5,8,10H2,1-3H3. The van der Waals surface area contributed by atoms with E-state index in [1.54, 1.807) is 6.07 Å². The number of rotatable bonds is 4. The van der Waals surface area contributed by atoms with Gasteiger partial charge in [-0.25, -0.2) is 4.39 Å². The van der Waals surface area contributed by atoms with Gasteiger partial charge < -0.3 is 4.74 Å².